The van der Waals surface area contributed by atoms with Crippen LogP contribution in [0.25, 0.3) is 0 Å². The van der Waals surface area contributed by atoms with Gasteiger partial charge in [0, 0.05) is 6.54 Å². The molecule has 8 heteroatoms. The van der Waals surface area contributed by atoms with Crippen LogP contribution in [0.5, 0.6) is 5.75 Å². The normalized spacial score (nSPS) is 10.6. The molecule has 0 fully saturated rings. The first-order valence-corrected chi connectivity index (χ1v) is 7.01. The average Bonchev–Trinajstić information content (AvgIpc) is 2.50. The summed E-state index contributed by atoms with van der Waals surface area (Å²) in [5.74, 6) is -1.48. The summed E-state index contributed by atoms with van der Waals surface area (Å²) >= 11 is 0. The van der Waals surface area contributed by atoms with E-state index in [2.05, 4.69) is 15.8 Å². The molecule has 0 bridgehead atoms. The third kappa shape index (κ3) is 7.60. The smallest absolute Gasteiger partial charge is 0.329 e. The van der Waals surface area contributed by atoms with Gasteiger partial charge in [0.25, 0.3) is 5.91 Å². The van der Waals surface area contributed by atoms with Gasteiger partial charge in [0.2, 0.25) is 0 Å². The minimum Gasteiger partial charge on any atom is -0.484 e. The third-order valence-electron chi connectivity index (χ3n) is 2.50. The quantitative estimate of drug-likeness (QED) is 0.365. The average molecular weight is 320 g/mol. The molecule has 124 valence electrons. The second kappa shape index (κ2) is 9.19. The number of benzene rings is 1. The number of hydrazone groups is 1. The van der Waals surface area contributed by atoms with Gasteiger partial charge in [0.1, 0.15) is 5.75 Å². The Hall–Kier alpha value is -2.90. The summed E-state index contributed by atoms with van der Waals surface area (Å²) in [6, 6.07) is 6.66. The predicted molar refractivity (Wildman–Crippen MR) is 84.7 cm³/mol. The van der Waals surface area contributed by atoms with E-state index in [1.807, 2.05) is 13.8 Å². The number of ether oxygens (including phenoxy) is 1. The van der Waals surface area contributed by atoms with Crippen LogP contribution in [0, 0.1) is 5.92 Å². The molecule has 4 N–H and O–H groups in total. The van der Waals surface area contributed by atoms with Gasteiger partial charge in [-0.1, -0.05) is 26.0 Å². The Bertz CT molecular complexity index is 599. The number of carbonyl (C=O) groups is 3. The van der Waals surface area contributed by atoms with Crippen LogP contribution in [0.2, 0.25) is 0 Å². The third-order valence-corrected chi connectivity index (χ3v) is 2.50. The molecule has 0 aliphatic rings. The van der Waals surface area contributed by atoms with Crippen LogP contribution in [0.3, 0.4) is 0 Å². The first-order valence-electron chi connectivity index (χ1n) is 7.01. The van der Waals surface area contributed by atoms with E-state index in [9.17, 15) is 14.4 Å². The number of nitrogens with two attached hydrogens (primary N) is 1. The van der Waals surface area contributed by atoms with Gasteiger partial charge < -0.3 is 15.8 Å². The van der Waals surface area contributed by atoms with Crippen molar-refractivity contribution in [3.63, 3.8) is 0 Å². The van der Waals surface area contributed by atoms with Crippen molar-refractivity contribution in [3.8, 4) is 5.75 Å². The van der Waals surface area contributed by atoms with E-state index in [-0.39, 0.29) is 12.5 Å². The van der Waals surface area contributed by atoms with E-state index < -0.39 is 17.7 Å². The van der Waals surface area contributed by atoms with Gasteiger partial charge in [-0.15, -0.1) is 0 Å². The maximum Gasteiger partial charge on any atom is 0.329 e. The first kappa shape index (κ1) is 18.1. The topological polar surface area (TPSA) is 123 Å². The minimum atomic E-state index is -0.844. The van der Waals surface area contributed by atoms with Crippen LogP contribution < -0.4 is 21.2 Å². The van der Waals surface area contributed by atoms with Gasteiger partial charge in [-0.2, -0.15) is 5.10 Å². The number of nitrogens with one attached hydrogen (secondary N) is 2. The van der Waals surface area contributed by atoms with Crippen LogP contribution in [0.4, 0.5) is 0 Å². The van der Waals surface area contributed by atoms with Crippen molar-refractivity contribution in [2.45, 2.75) is 13.8 Å². The zero-order chi connectivity index (χ0) is 17.2. The van der Waals surface area contributed by atoms with Crippen LogP contribution in [0.15, 0.2) is 29.4 Å². The molecule has 0 atom stereocenters. The molecule has 1 aromatic carbocycles. The molecule has 0 unspecified atom stereocenters. The zero-order valence-corrected chi connectivity index (χ0v) is 13.0. The van der Waals surface area contributed by atoms with Crippen LogP contribution in [0.1, 0.15) is 19.4 Å². The number of nitrogens with zero attached hydrogens (tertiary/aromatic N) is 1. The lowest BCUT2D eigenvalue weighted by atomic mass is 10.2. The highest BCUT2D eigenvalue weighted by Gasteiger charge is 2.12. The van der Waals surface area contributed by atoms with Gasteiger partial charge in [-0.3, -0.25) is 14.4 Å². The zero-order valence-electron chi connectivity index (χ0n) is 13.0. The summed E-state index contributed by atoms with van der Waals surface area (Å²) in [4.78, 5) is 33.6. The minimum absolute atomic E-state index is 0.229. The number of hydrogen-bond acceptors (Lipinski definition) is 5. The lowest BCUT2D eigenvalue weighted by Crippen LogP contribution is -2.39. The van der Waals surface area contributed by atoms with Gasteiger partial charge in [0.05, 0.1) is 6.21 Å². The molecular weight excluding hydrogens is 300 g/mol. The standard InChI is InChI=1S/C15H20N4O4/c1-10(2)7-17-14(21)15(22)19-18-8-11-4-3-5-12(6-11)23-9-13(16)20/h3-6,8,10H,7,9H2,1-2H3,(H2,16,20)(H,17,21)(H,19,22)/b18-8-. The van der Waals surface area contributed by atoms with Crippen LogP contribution >= 0.6 is 0 Å². The van der Waals surface area contributed by atoms with E-state index >= 15 is 0 Å². The van der Waals surface area contributed by atoms with Crippen molar-refractivity contribution in [3.05, 3.63) is 29.8 Å². The Morgan fingerprint density at radius 2 is 2.04 bits per heavy atom. The summed E-state index contributed by atoms with van der Waals surface area (Å²) in [6.45, 7) is 4.02. The lowest BCUT2D eigenvalue weighted by molar-refractivity contribution is -0.139. The molecule has 1 rings (SSSR count). The van der Waals surface area contributed by atoms with Crippen molar-refractivity contribution >= 4 is 23.9 Å². The van der Waals surface area contributed by atoms with E-state index in [1.165, 1.54) is 6.21 Å². The lowest BCUT2D eigenvalue weighted by Gasteiger charge is -2.06. The predicted octanol–water partition coefficient (Wildman–Crippen LogP) is -0.227. The molecule has 0 spiro atoms. The number of hydrogen-bond donors (Lipinski definition) is 3. The van der Waals surface area contributed by atoms with Gasteiger partial charge >= 0.3 is 11.8 Å². The van der Waals surface area contributed by atoms with E-state index in [4.69, 9.17) is 10.5 Å². The Kier molecular flexibility index (Phi) is 7.25. The Morgan fingerprint density at radius 1 is 1.30 bits per heavy atom. The van der Waals surface area contributed by atoms with Crippen molar-refractivity contribution in [2.24, 2.45) is 16.8 Å². The maximum absolute atomic E-state index is 11.5. The summed E-state index contributed by atoms with van der Waals surface area (Å²) < 4.78 is 5.14. The van der Waals surface area contributed by atoms with Crippen molar-refractivity contribution < 1.29 is 19.1 Å². The fourth-order valence-corrected chi connectivity index (χ4v) is 1.43. The summed E-state index contributed by atoms with van der Waals surface area (Å²) in [7, 11) is 0. The van der Waals surface area contributed by atoms with E-state index in [1.54, 1.807) is 24.3 Å². The summed E-state index contributed by atoms with van der Waals surface area (Å²) in [5, 5.41) is 6.17. The van der Waals surface area contributed by atoms with Crippen molar-refractivity contribution in [2.75, 3.05) is 13.2 Å². The molecule has 0 radical (unpaired) electrons. The first-order chi connectivity index (χ1) is 10.9. The van der Waals surface area contributed by atoms with Crippen molar-refractivity contribution in [1.29, 1.82) is 0 Å². The molecule has 8 nitrogen and oxygen atoms in total. The fourth-order valence-electron chi connectivity index (χ4n) is 1.43. The second-order valence-electron chi connectivity index (χ2n) is 5.13. The number of amides is 3. The number of carbonyl (C=O) groups excluding carboxylic acids is 3. The number of rotatable bonds is 7. The largest absolute Gasteiger partial charge is 0.484 e. The Morgan fingerprint density at radius 3 is 2.70 bits per heavy atom. The SMILES string of the molecule is CC(C)CNC(=O)C(=O)N/N=C\c1cccc(OCC(N)=O)c1. The van der Waals surface area contributed by atoms with E-state index in [0.29, 0.717) is 17.9 Å². The molecule has 0 aromatic heterocycles. The van der Waals surface area contributed by atoms with Crippen LogP contribution in [-0.2, 0) is 14.4 Å². The molecular formula is C15H20N4O4. The highest BCUT2D eigenvalue weighted by Crippen LogP contribution is 2.11. The summed E-state index contributed by atoms with van der Waals surface area (Å²) in [5.41, 5.74) is 7.74. The molecule has 0 saturated carbocycles. The highest BCUT2D eigenvalue weighted by atomic mass is 16.5. The highest BCUT2D eigenvalue weighted by molar-refractivity contribution is 6.35. The van der Waals surface area contributed by atoms with Gasteiger partial charge in [-0.25, -0.2) is 5.43 Å². The fraction of sp³-hybridized carbons (Fsp3) is 0.333. The van der Waals surface area contributed by atoms with Gasteiger partial charge in [-0.05, 0) is 23.6 Å². The molecule has 0 aliphatic carbocycles. The Labute approximate surface area is 134 Å². The van der Waals surface area contributed by atoms with E-state index in [0.717, 1.165) is 0 Å². The second-order valence-corrected chi connectivity index (χ2v) is 5.13. The molecule has 3 amide bonds. The van der Waals surface area contributed by atoms with Crippen LogP contribution in [-0.4, -0.2) is 37.1 Å². The molecule has 23 heavy (non-hydrogen) atoms. The van der Waals surface area contributed by atoms with Gasteiger partial charge in [0.15, 0.2) is 6.61 Å². The Balaban J connectivity index is 2.50. The molecule has 0 aliphatic heterocycles. The molecule has 1 aromatic rings. The molecule has 0 saturated heterocycles. The maximum atomic E-state index is 11.5. The monoisotopic (exact) mass is 320 g/mol. The van der Waals surface area contributed by atoms with Crippen molar-refractivity contribution in [1.82, 2.24) is 10.7 Å². The molecule has 0 heterocycles. The number of primary amides is 1. The summed E-state index contributed by atoms with van der Waals surface area (Å²) in [6.07, 6.45) is 1.35.